The van der Waals surface area contributed by atoms with Crippen molar-refractivity contribution in [2.75, 3.05) is 20.2 Å². The SMILES string of the molecule is COc1c(C2CCCNC2)cc(C)c(O)c1F. The van der Waals surface area contributed by atoms with Crippen LogP contribution in [0.5, 0.6) is 11.5 Å². The number of phenolic OH excluding ortho intramolecular Hbond substituents is 1. The zero-order valence-electron chi connectivity index (χ0n) is 10.2. The molecule has 1 atom stereocenters. The van der Waals surface area contributed by atoms with Crippen LogP contribution in [-0.2, 0) is 0 Å². The highest BCUT2D eigenvalue weighted by Crippen LogP contribution is 2.38. The van der Waals surface area contributed by atoms with Crippen LogP contribution in [0.4, 0.5) is 4.39 Å². The molecule has 1 aliphatic heterocycles. The van der Waals surface area contributed by atoms with Gasteiger partial charge in [0, 0.05) is 18.0 Å². The molecule has 2 N–H and O–H groups in total. The molecule has 0 amide bonds. The minimum absolute atomic E-state index is 0.182. The van der Waals surface area contributed by atoms with Crippen molar-refractivity contribution in [1.29, 1.82) is 0 Å². The number of aromatic hydroxyl groups is 1. The number of aryl methyl sites for hydroxylation is 1. The van der Waals surface area contributed by atoms with E-state index < -0.39 is 5.82 Å². The molecule has 4 heteroatoms. The van der Waals surface area contributed by atoms with Gasteiger partial charge in [-0.2, -0.15) is 4.39 Å². The van der Waals surface area contributed by atoms with Gasteiger partial charge in [-0.25, -0.2) is 0 Å². The molecule has 3 nitrogen and oxygen atoms in total. The van der Waals surface area contributed by atoms with Crippen LogP contribution in [0, 0.1) is 12.7 Å². The van der Waals surface area contributed by atoms with E-state index in [1.165, 1.54) is 7.11 Å². The maximum absolute atomic E-state index is 13.9. The molecule has 0 spiro atoms. The summed E-state index contributed by atoms with van der Waals surface area (Å²) in [5.74, 6) is -0.517. The predicted molar refractivity (Wildman–Crippen MR) is 64.2 cm³/mol. The van der Waals surface area contributed by atoms with Crippen molar-refractivity contribution in [2.45, 2.75) is 25.7 Å². The van der Waals surface area contributed by atoms with Crippen LogP contribution in [0.25, 0.3) is 0 Å². The van der Waals surface area contributed by atoms with Gasteiger partial charge in [0.2, 0.25) is 5.82 Å². The number of ether oxygens (including phenoxy) is 1. The highest BCUT2D eigenvalue weighted by atomic mass is 19.1. The first-order valence-corrected chi connectivity index (χ1v) is 5.91. The first kappa shape index (κ1) is 12.2. The van der Waals surface area contributed by atoms with Gasteiger partial charge in [0.25, 0.3) is 0 Å². The Morgan fingerprint density at radius 3 is 2.88 bits per heavy atom. The molecule has 0 aromatic heterocycles. The summed E-state index contributed by atoms with van der Waals surface area (Å²) in [6.07, 6.45) is 2.10. The number of hydrogen-bond acceptors (Lipinski definition) is 3. The lowest BCUT2D eigenvalue weighted by atomic mass is 9.89. The summed E-state index contributed by atoms with van der Waals surface area (Å²) in [5, 5.41) is 12.9. The molecule has 1 aliphatic rings. The lowest BCUT2D eigenvalue weighted by Crippen LogP contribution is -2.28. The van der Waals surface area contributed by atoms with Gasteiger partial charge in [0.15, 0.2) is 11.5 Å². The summed E-state index contributed by atoms with van der Waals surface area (Å²) < 4.78 is 19.0. The first-order chi connectivity index (χ1) is 8.15. The molecule has 1 aromatic rings. The van der Waals surface area contributed by atoms with Crippen LogP contribution in [-0.4, -0.2) is 25.3 Å². The average Bonchev–Trinajstić information content (AvgIpc) is 2.36. The van der Waals surface area contributed by atoms with E-state index >= 15 is 0 Å². The number of nitrogens with one attached hydrogen (secondary N) is 1. The van der Waals surface area contributed by atoms with Crippen LogP contribution < -0.4 is 10.1 Å². The topological polar surface area (TPSA) is 41.5 Å². The third-order valence-corrected chi connectivity index (χ3v) is 3.36. The molecule has 0 aliphatic carbocycles. The molecule has 1 aromatic carbocycles. The fourth-order valence-electron chi connectivity index (χ4n) is 2.40. The van der Waals surface area contributed by atoms with Crippen molar-refractivity contribution in [1.82, 2.24) is 5.32 Å². The maximum atomic E-state index is 13.9. The number of rotatable bonds is 2. The first-order valence-electron chi connectivity index (χ1n) is 5.91. The standard InChI is InChI=1S/C13H18FNO2/c1-8-6-10(9-4-3-5-15-7-9)13(17-2)11(14)12(8)16/h6,9,15-16H,3-5,7H2,1-2H3. The largest absolute Gasteiger partial charge is 0.505 e. The molecule has 2 rings (SSSR count). The molecule has 1 fully saturated rings. The van der Waals surface area contributed by atoms with Gasteiger partial charge in [-0.1, -0.05) is 0 Å². The summed E-state index contributed by atoms with van der Waals surface area (Å²) in [6.45, 7) is 3.55. The van der Waals surface area contributed by atoms with E-state index in [4.69, 9.17) is 4.74 Å². The molecule has 1 saturated heterocycles. The minimum Gasteiger partial charge on any atom is -0.505 e. The van der Waals surface area contributed by atoms with Crippen LogP contribution >= 0.6 is 0 Å². The molecular formula is C13H18FNO2. The molecule has 0 bridgehead atoms. The number of methoxy groups -OCH3 is 1. The highest BCUT2D eigenvalue weighted by molar-refractivity contribution is 5.48. The number of phenols is 1. The Labute approximate surface area is 101 Å². The zero-order valence-corrected chi connectivity index (χ0v) is 10.2. The van der Waals surface area contributed by atoms with Gasteiger partial charge in [-0.3, -0.25) is 0 Å². The minimum atomic E-state index is -0.645. The van der Waals surface area contributed by atoms with Crippen molar-refractivity contribution in [2.24, 2.45) is 0 Å². The van der Waals surface area contributed by atoms with E-state index in [1.54, 1.807) is 6.92 Å². The fourth-order valence-corrected chi connectivity index (χ4v) is 2.40. The Morgan fingerprint density at radius 1 is 1.53 bits per heavy atom. The molecule has 94 valence electrons. The normalized spacial score (nSPS) is 20.3. The second kappa shape index (κ2) is 4.92. The summed E-state index contributed by atoms with van der Waals surface area (Å²) in [7, 11) is 1.44. The van der Waals surface area contributed by atoms with Crippen LogP contribution in [0.3, 0.4) is 0 Å². The third kappa shape index (κ3) is 2.22. The number of benzene rings is 1. The Kier molecular flexibility index (Phi) is 3.52. The Morgan fingerprint density at radius 2 is 2.29 bits per heavy atom. The van der Waals surface area contributed by atoms with Gasteiger partial charge >= 0.3 is 0 Å². The zero-order chi connectivity index (χ0) is 12.4. The van der Waals surface area contributed by atoms with Crippen molar-refractivity contribution < 1.29 is 14.2 Å². The lowest BCUT2D eigenvalue weighted by molar-refractivity contribution is 0.349. The van der Waals surface area contributed by atoms with Gasteiger partial charge < -0.3 is 15.2 Å². The lowest BCUT2D eigenvalue weighted by Gasteiger charge is -2.25. The maximum Gasteiger partial charge on any atom is 0.207 e. The van der Waals surface area contributed by atoms with E-state index in [2.05, 4.69) is 5.32 Å². The highest BCUT2D eigenvalue weighted by Gasteiger charge is 2.24. The van der Waals surface area contributed by atoms with Crippen LogP contribution in [0.2, 0.25) is 0 Å². The van der Waals surface area contributed by atoms with Crippen LogP contribution in [0.1, 0.15) is 29.9 Å². The molecule has 17 heavy (non-hydrogen) atoms. The summed E-state index contributed by atoms with van der Waals surface area (Å²) in [4.78, 5) is 0. The van der Waals surface area contributed by atoms with Crippen LogP contribution in [0.15, 0.2) is 6.07 Å². The monoisotopic (exact) mass is 239 g/mol. The van der Waals surface area contributed by atoms with Gasteiger partial charge in [-0.15, -0.1) is 0 Å². The van der Waals surface area contributed by atoms with E-state index in [-0.39, 0.29) is 17.4 Å². The molecular weight excluding hydrogens is 221 g/mol. The van der Waals surface area contributed by atoms with Gasteiger partial charge in [0.05, 0.1) is 7.11 Å². The summed E-state index contributed by atoms with van der Waals surface area (Å²) in [6, 6.07) is 1.83. The fraction of sp³-hybridized carbons (Fsp3) is 0.538. The Bertz CT molecular complexity index is 414. The van der Waals surface area contributed by atoms with Crippen molar-refractivity contribution in [3.8, 4) is 11.5 Å². The van der Waals surface area contributed by atoms with E-state index in [0.29, 0.717) is 5.56 Å². The second-order valence-electron chi connectivity index (χ2n) is 4.52. The summed E-state index contributed by atoms with van der Waals surface area (Å²) >= 11 is 0. The van der Waals surface area contributed by atoms with Gasteiger partial charge in [-0.05, 0) is 37.9 Å². The Balaban J connectivity index is 2.44. The van der Waals surface area contributed by atoms with Crippen molar-refractivity contribution >= 4 is 0 Å². The molecule has 0 saturated carbocycles. The smallest absolute Gasteiger partial charge is 0.207 e. The second-order valence-corrected chi connectivity index (χ2v) is 4.52. The van der Waals surface area contributed by atoms with E-state index in [0.717, 1.165) is 31.5 Å². The van der Waals surface area contributed by atoms with E-state index in [1.807, 2.05) is 6.07 Å². The Hall–Kier alpha value is -1.29. The van der Waals surface area contributed by atoms with Crippen molar-refractivity contribution in [3.63, 3.8) is 0 Å². The van der Waals surface area contributed by atoms with Gasteiger partial charge in [0.1, 0.15) is 0 Å². The third-order valence-electron chi connectivity index (χ3n) is 3.36. The summed E-state index contributed by atoms with van der Waals surface area (Å²) in [5.41, 5.74) is 1.41. The number of piperidine rings is 1. The molecule has 1 unspecified atom stereocenters. The number of hydrogen-bond donors (Lipinski definition) is 2. The average molecular weight is 239 g/mol. The molecule has 0 radical (unpaired) electrons. The van der Waals surface area contributed by atoms with E-state index in [9.17, 15) is 9.50 Å². The number of halogens is 1. The predicted octanol–water partition coefficient (Wildman–Crippen LogP) is 2.32. The quantitative estimate of drug-likeness (QED) is 0.832. The van der Waals surface area contributed by atoms with Crippen molar-refractivity contribution in [3.05, 3.63) is 23.0 Å². The molecule has 1 heterocycles.